The van der Waals surface area contributed by atoms with Crippen LogP contribution in [0.4, 0.5) is 8.78 Å². The predicted molar refractivity (Wildman–Crippen MR) is 108 cm³/mol. The molecule has 1 amide bonds. The highest BCUT2D eigenvalue weighted by Crippen LogP contribution is 2.27. The smallest absolute Gasteiger partial charge is 0.274 e. The van der Waals surface area contributed by atoms with E-state index in [0.717, 1.165) is 30.2 Å². The van der Waals surface area contributed by atoms with Crippen molar-refractivity contribution in [3.63, 3.8) is 0 Å². The zero-order valence-corrected chi connectivity index (χ0v) is 16.9. The summed E-state index contributed by atoms with van der Waals surface area (Å²) in [4.78, 5) is 14.9. The van der Waals surface area contributed by atoms with Crippen molar-refractivity contribution >= 4 is 5.91 Å². The van der Waals surface area contributed by atoms with E-state index >= 15 is 0 Å². The van der Waals surface area contributed by atoms with Crippen molar-refractivity contribution in [2.45, 2.75) is 38.4 Å². The fourth-order valence-corrected chi connectivity index (χ4v) is 4.16. The van der Waals surface area contributed by atoms with Crippen LogP contribution < -0.4 is 5.32 Å². The summed E-state index contributed by atoms with van der Waals surface area (Å²) in [7, 11) is 0. The Labute approximate surface area is 174 Å². The molecule has 1 aromatic heterocycles. The third-order valence-electron chi connectivity index (χ3n) is 5.76. The summed E-state index contributed by atoms with van der Waals surface area (Å²) in [6.45, 7) is 6.75. The van der Waals surface area contributed by atoms with Gasteiger partial charge in [0.15, 0.2) is 17.3 Å². The Kier molecular flexibility index (Phi) is 6.24. The normalized spacial score (nSPS) is 18.9. The lowest BCUT2D eigenvalue weighted by atomic mass is 9.90. The van der Waals surface area contributed by atoms with E-state index in [9.17, 15) is 13.6 Å². The number of carbonyl (C=O) groups is 1. The molecular weight excluding hydrogens is 390 g/mol. The molecule has 0 saturated carbocycles. The number of rotatable bonds is 6. The first-order chi connectivity index (χ1) is 14.6. The van der Waals surface area contributed by atoms with Crippen LogP contribution in [0.25, 0.3) is 0 Å². The Morgan fingerprint density at radius 1 is 1.33 bits per heavy atom. The first-order valence-electron chi connectivity index (χ1n) is 10.3. The molecule has 1 unspecified atom stereocenters. The van der Waals surface area contributed by atoms with Crippen LogP contribution in [0.1, 0.15) is 33.7 Å². The Balaban J connectivity index is 1.52. The molecule has 1 N–H and O–H groups in total. The standard InChI is InChI=1S/C22H26F2N4O2/c1-2-8-28-19-7-6-16(25-14-15-4-3-5-18(23)20(15)24)13-17(19)21(26-28)22(29)27-9-11-30-12-10-27/h2-5,16,25H,1,6-14H2. The summed E-state index contributed by atoms with van der Waals surface area (Å²) < 4.78 is 34.6. The van der Waals surface area contributed by atoms with Crippen molar-refractivity contribution < 1.29 is 18.3 Å². The number of fused-ring (bicyclic) bond motifs is 1. The number of halogens is 2. The van der Waals surface area contributed by atoms with E-state index < -0.39 is 11.6 Å². The van der Waals surface area contributed by atoms with Crippen molar-refractivity contribution in [2.24, 2.45) is 0 Å². The SMILES string of the molecule is C=CCn1nc(C(=O)N2CCOCC2)c2c1CCC(NCc1cccc(F)c1F)C2. The van der Waals surface area contributed by atoms with Crippen LogP contribution in [-0.4, -0.2) is 52.9 Å². The minimum atomic E-state index is -0.843. The van der Waals surface area contributed by atoms with Crippen LogP contribution in [0.3, 0.4) is 0 Å². The van der Waals surface area contributed by atoms with Gasteiger partial charge in [-0.05, 0) is 25.3 Å². The molecule has 4 rings (SSSR count). The van der Waals surface area contributed by atoms with E-state index in [1.807, 2.05) is 4.68 Å². The minimum absolute atomic E-state index is 0.0535. The van der Waals surface area contributed by atoms with Gasteiger partial charge in [0.05, 0.1) is 19.8 Å². The van der Waals surface area contributed by atoms with E-state index in [-0.39, 0.29) is 18.5 Å². The molecule has 1 saturated heterocycles. The predicted octanol–water partition coefficient (Wildman–Crippen LogP) is 2.47. The fourth-order valence-electron chi connectivity index (χ4n) is 4.16. The Morgan fingerprint density at radius 2 is 2.13 bits per heavy atom. The maximum absolute atomic E-state index is 14.0. The number of morpholine rings is 1. The largest absolute Gasteiger partial charge is 0.378 e. The van der Waals surface area contributed by atoms with Gasteiger partial charge < -0.3 is 15.0 Å². The van der Waals surface area contributed by atoms with Gasteiger partial charge in [-0.1, -0.05) is 18.2 Å². The number of nitrogens with zero attached hydrogens (tertiary/aromatic N) is 3. The minimum Gasteiger partial charge on any atom is -0.378 e. The summed E-state index contributed by atoms with van der Waals surface area (Å²) in [5.41, 5.74) is 2.78. The molecule has 6 nitrogen and oxygen atoms in total. The van der Waals surface area contributed by atoms with Gasteiger partial charge >= 0.3 is 0 Å². The number of ether oxygens (including phenoxy) is 1. The second-order valence-corrected chi connectivity index (χ2v) is 7.68. The molecule has 1 aliphatic heterocycles. The molecule has 1 aliphatic carbocycles. The lowest BCUT2D eigenvalue weighted by molar-refractivity contribution is 0.0297. The van der Waals surface area contributed by atoms with Gasteiger partial charge in [0, 0.05) is 42.5 Å². The van der Waals surface area contributed by atoms with Crippen LogP contribution >= 0.6 is 0 Å². The van der Waals surface area contributed by atoms with E-state index in [4.69, 9.17) is 4.74 Å². The summed E-state index contributed by atoms with van der Waals surface area (Å²) in [5.74, 6) is -1.73. The summed E-state index contributed by atoms with van der Waals surface area (Å²) in [5, 5.41) is 7.94. The van der Waals surface area contributed by atoms with Gasteiger partial charge in [-0.15, -0.1) is 6.58 Å². The van der Waals surface area contributed by atoms with Crippen LogP contribution in [-0.2, 0) is 30.7 Å². The molecule has 1 atom stereocenters. The number of hydrogen-bond acceptors (Lipinski definition) is 4. The van der Waals surface area contributed by atoms with E-state index in [1.165, 1.54) is 6.07 Å². The molecule has 1 fully saturated rings. The van der Waals surface area contributed by atoms with E-state index in [0.29, 0.717) is 50.5 Å². The average Bonchev–Trinajstić information content (AvgIpc) is 3.13. The van der Waals surface area contributed by atoms with Crippen LogP contribution in [0.5, 0.6) is 0 Å². The first kappa shape index (κ1) is 20.7. The van der Waals surface area contributed by atoms with Gasteiger partial charge in [-0.3, -0.25) is 9.48 Å². The third kappa shape index (κ3) is 4.15. The Bertz CT molecular complexity index is 937. The maximum Gasteiger partial charge on any atom is 0.274 e. The van der Waals surface area contributed by atoms with Crippen molar-refractivity contribution in [1.82, 2.24) is 20.0 Å². The molecule has 8 heteroatoms. The van der Waals surface area contributed by atoms with Crippen LogP contribution in [0.2, 0.25) is 0 Å². The topological polar surface area (TPSA) is 59.4 Å². The first-order valence-corrected chi connectivity index (χ1v) is 10.3. The van der Waals surface area contributed by atoms with Crippen LogP contribution in [0, 0.1) is 11.6 Å². The van der Waals surface area contributed by atoms with Crippen molar-refractivity contribution in [1.29, 1.82) is 0 Å². The zero-order chi connectivity index (χ0) is 21.1. The molecule has 0 spiro atoms. The number of aromatic nitrogens is 2. The van der Waals surface area contributed by atoms with Crippen molar-refractivity contribution in [3.05, 3.63) is 65.0 Å². The third-order valence-corrected chi connectivity index (χ3v) is 5.76. The number of hydrogen-bond donors (Lipinski definition) is 1. The van der Waals surface area contributed by atoms with Crippen molar-refractivity contribution in [3.8, 4) is 0 Å². The molecule has 2 aromatic rings. The highest BCUT2D eigenvalue weighted by atomic mass is 19.2. The molecule has 160 valence electrons. The molecule has 2 aliphatic rings. The fraction of sp³-hybridized carbons (Fsp3) is 0.455. The number of amides is 1. The second-order valence-electron chi connectivity index (χ2n) is 7.68. The molecule has 0 bridgehead atoms. The quantitative estimate of drug-likeness (QED) is 0.735. The molecule has 2 heterocycles. The van der Waals surface area contributed by atoms with Crippen LogP contribution in [0.15, 0.2) is 30.9 Å². The zero-order valence-electron chi connectivity index (χ0n) is 16.9. The Morgan fingerprint density at radius 3 is 2.90 bits per heavy atom. The second kappa shape index (κ2) is 9.06. The Hall–Kier alpha value is -2.58. The van der Waals surface area contributed by atoms with E-state index in [2.05, 4.69) is 17.0 Å². The average molecular weight is 416 g/mol. The number of allylic oxidation sites excluding steroid dienone is 1. The van der Waals surface area contributed by atoms with Gasteiger partial charge in [-0.25, -0.2) is 8.78 Å². The maximum atomic E-state index is 14.0. The van der Waals surface area contributed by atoms with E-state index in [1.54, 1.807) is 17.0 Å². The number of benzene rings is 1. The van der Waals surface area contributed by atoms with Gasteiger partial charge in [0.1, 0.15) is 0 Å². The molecule has 30 heavy (non-hydrogen) atoms. The highest BCUT2D eigenvalue weighted by molar-refractivity contribution is 5.94. The lowest BCUT2D eigenvalue weighted by Gasteiger charge is -2.28. The summed E-state index contributed by atoms with van der Waals surface area (Å²) in [6.07, 6.45) is 3.98. The molecular formula is C22H26F2N4O2. The lowest BCUT2D eigenvalue weighted by Crippen LogP contribution is -2.41. The summed E-state index contributed by atoms with van der Waals surface area (Å²) in [6, 6.07) is 4.25. The van der Waals surface area contributed by atoms with Gasteiger partial charge in [0.2, 0.25) is 0 Å². The summed E-state index contributed by atoms with van der Waals surface area (Å²) >= 11 is 0. The molecule has 0 radical (unpaired) electrons. The highest BCUT2D eigenvalue weighted by Gasteiger charge is 2.31. The monoisotopic (exact) mass is 416 g/mol. The van der Waals surface area contributed by atoms with Gasteiger partial charge in [-0.2, -0.15) is 5.10 Å². The number of nitrogens with one attached hydrogen (secondary N) is 1. The van der Waals surface area contributed by atoms with Gasteiger partial charge in [0.25, 0.3) is 5.91 Å². The number of carbonyl (C=O) groups excluding carboxylic acids is 1. The molecule has 1 aromatic carbocycles. The van der Waals surface area contributed by atoms with Crippen molar-refractivity contribution in [2.75, 3.05) is 26.3 Å².